The first-order valence-electron chi connectivity index (χ1n) is 10.2. The highest BCUT2D eigenvalue weighted by atomic mass is 16.5. The Bertz CT molecular complexity index is 930. The predicted molar refractivity (Wildman–Crippen MR) is 111 cm³/mol. The molecule has 1 N–H and O–H groups in total. The Kier molecular flexibility index (Phi) is 7.39. The highest BCUT2D eigenvalue weighted by molar-refractivity contribution is 5.92. The summed E-state index contributed by atoms with van der Waals surface area (Å²) in [5.74, 6) is 0.694. The Morgan fingerprint density at radius 3 is 2.73 bits per heavy atom. The predicted octanol–water partition coefficient (Wildman–Crippen LogP) is 4.44. The largest absolute Gasteiger partial charge is 0.466 e. The number of ether oxygens (including phenoxy) is 2. The van der Waals surface area contributed by atoms with Crippen LogP contribution in [0.25, 0.3) is 0 Å². The molecule has 1 fully saturated rings. The highest BCUT2D eigenvalue weighted by Gasteiger charge is 2.28. The van der Waals surface area contributed by atoms with E-state index < -0.39 is 0 Å². The van der Waals surface area contributed by atoms with E-state index in [1.54, 1.807) is 42.6 Å². The maximum absolute atomic E-state index is 12.6. The maximum Gasteiger partial charge on any atom is 0.308 e. The number of amides is 1. The number of aromatic nitrogens is 1. The van der Waals surface area contributed by atoms with Gasteiger partial charge in [-0.3, -0.25) is 9.59 Å². The summed E-state index contributed by atoms with van der Waals surface area (Å²) in [6.07, 6.45) is 5.13. The Hall–Kier alpha value is -3.40. The zero-order valence-electron chi connectivity index (χ0n) is 17.0. The first kappa shape index (κ1) is 21.3. The molecule has 1 aromatic carbocycles. The van der Waals surface area contributed by atoms with Crippen molar-refractivity contribution in [2.24, 2.45) is 11.8 Å². The lowest BCUT2D eigenvalue weighted by atomic mass is 9.80. The van der Waals surface area contributed by atoms with Crippen molar-refractivity contribution in [1.82, 2.24) is 4.98 Å². The molecule has 7 heteroatoms. The summed E-state index contributed by atoms with van der Waals surface area (Å²) in [4.78, 5) is 28.6. The fourth-order valence-electron chi connectivity index (χ4n) is 3.63. The average Bonchev–Trinajstić information content (AvgIpc) is 2.76. The molecule has 0 unspecified atom stereocenters. The first-order valence-corrected chi connectivity index (χ1v) is 10.2. The van der Waals surface area contributed by atoms with Crippen LogP contribution in [-0.2, 0) is 14.3 Å². The molecule has 0 radical (unpaired) electrons. The molecule has 3 rings (SSSR count). The molecular weight excluding hydrogens is 382 g/mol. The van der Waals surface area contributed by atoms with E-state index in [0.29, 0.717) is 30.0 Å². The molecule has 1 heterocycles. The molecule has 0 bridgehead atoms. The molecule has 30 heavy (non-hydrogen) atoms. The molecule has 1 aromatic heterocycles. The third-order valence-electron chi connectivity index (χ3n) is 5.16. The number of nitrogens with zero attached hydrogens (tertiary/aromatic N) is 2. The van der Waals surface area contributed by atoms with Crippen molar-refractivity contribution in [3.05, 3.63) is 48.2 Å². The van der Waals surface area contributed by atoms with E-state index in [1.807, 2.05) is 6.92 Å². The summed E-state index contributed by atoms with van der Waals surface area (Å²) in [5.41, 5.74) is 0.956. The van der Waals surface area contributed by atoms with E-state index in [-0.39, 0.29) is 29.6 Å². The molecule has 0 saturated heterocycles. The number of hydrogen-bond donors (Lipinski definition) is 1. The number of pyridine rings is 1. The molecule has 156 valence electrons. The molecule has 2 aromatic rings. The van der Waals surface area contributed by atoms with E-state index in [2.05, 4.69) is 16.4 Å². The van der Waals surface area contributed by atoms with E-state index in [4.69, 9.17) is 14.7 Å². The van der Waals surface area contributed by atoms with Crippen LogP contribution in [0.4, 0.5) is 5.69 Å². The summed E-state index contributed by atoms with van der Waals surface area (Å²) in [6.45, 7) is 2.21. The molecule has 7 nitrogen and oxygen atoms in total. The maximum atomic E-state index is 12.6. The number of carbonyl (C=O) groups is 2. The summed E-state index contributed by atoms with van der Waals surface area (Å²) >= 11 is 0. The molecule has 0 spiro atoms. The van der Waals surface area contributed by atoms with Crippen LogP contribution >= 0.6 is 0 Å². The van der Waals surface area contributed by atoms with Crippen LogP contribution < -0.4 is 10.1 Å². The lowest BCUT2D eigenvalue weighted by Gasteiger charge is -2.26. The van der Waals surface area contributed by atoms with Crippen LogP contribution in [-0.4, -0.2) is 23.5 Å². The van der Waals surface area contributed by atoms with Gasteiger partial charge in [0.15, 0.2) is 0 Å². The normalized spacial score (nSPS) is 18.1. The topological polar surface area (TPSA) is 101 Å². The van der Waals surface area contributed by atoms with Crippen molar-refractivity contribution in [3.63, 3.8) is 0 Å². The fourth-order valence-corrected chi connectivity index (χ4v) is 3.63. The zero-order chi connectivity index (χ0) is 21.3. The van der Waals surface area contributed by atoms with Gasteiger partial charge in [-0.25, -0.2) is 4.98 Å². The quantitative estimate of drug-likeness (QED) is 0.681. The van der Waals surface area contributed by atoms with Gasteiger partial charge in [-0.1, -0.05) is 6.07 Å². The van der Waals surface area contributed by atoms with Gasteiger partial charge in [0.2, 0.25) is 11.8 Å². The van der Waals surface area contributed by atoms with Crippen LogP contribution in [0, 0.1) is 23.2 Å². The minimum Gasteiger partial charge on any atom is -0.466 e. The summed E-state index contributed by atoms with van der Waals surface area (Å²) in [5, 5.41) is 11.9. The Morgan fingerprint density at radius 1 is 1.20 bits per heavy atom. The lowest BCUT2D eigenvalue weighted by Crippen LogP contribution is -2.26. The minimum absolute atomic E-state index is 0.0493. The number of hydrogen-bond acceptors (Lipinski definition) is 6. The van der Waals surface area contributed by atoms with Crippen LogP contribution in [0.15, 0.2) is 42.6 Å². The van der Waals surface area contributed by atoms with Gasteiger partial charge in [-0.2, -0.15) is 5.26 Å². The minimum atomic E-state index is -0.127. The molecule has 1 amide bonds. The summed E-state index contributed by atoms with van der Waals surface area (Å²) in [6, 6.07) is 12.3. The second-order valence-electron chi connectivity index (χ2n) is 7.32. The van der Waals surface area contributed by atoms with Gasteiger partial charge >= 0.3 is 5.97 Å². The van der Waals surface area contributed by atoms with Gasteiger partial charge in [0.25, 0.3) is 0 Å². The van der Waals surface area contributed by atoms with Gasteiger partial charge in [0, 0.05) is 12.6 Å². The van der Waals surface area contributed by atoms with Crippen molar-refractivity contribution >= 4 is 17.6 Å². The molecule has 1 aliphatic carbocycles. The Balaban J connectivity index is 1.56. The van der Waals surface area contributed by atoms with Crippen molar-refractivity contribution in [3.8, 4) is 17.7 Å². The Morgan fingerprint density at radius 2 is 2.00 bits per heavy atom. The number of esters is 1. The van der Waals surface area contributed by atoms with E-state index in [1.165, 1.54) is 0 Å². The molecule has 0 atom stereocenters. The van der Waals surface area contributed by atoms with Crippen molar-refractivity contribution in [2.75, 3.05) is 11.9 Å². The van der Waals surface area contributed by atoms with Crippen LogP contribution in [0.2, 0.25) is 0 Å². The summed E-state index contributed by atoms with van der Waals surface area (Å²) in [7, 11) is 0. The van der Waals surface area contributed by atoms with Crippen molar-refractivity contribution in [1.29, 1.82) is 5.26 Å². The smallest absolute Gasteiger partial charge is 0.308 e. The second-order valence-corrected chi connectivity index (χ2v) is 7.32. The molecule has 1 saturated carbocycles. The Labute approximate surface area is 176 Å². The number of benzene rings is 1. The molecule has 1 aliphatic rings. The number of rotatable bonds is 7. The van der Waals surface area contributed by atoms with Gasteiger partial charge in [-0.15, -0.1) is 0 Å². The van der Waals surface area contributed by atoms with Crippen molar-refractivity contribution in [2.45, 2.75) is 39.0 Å². The van der Waals surface area contributed by atoms with Crippen molar-refractivity contribution < 1.29 is 19.1 Å². The van der Waals surface area contributed by atoms with E-state index in [9.17, 15) is 9.59 Å². The molecular formula is C23H25N3O4. The van der Waals surface area contributed by atoms with Crippen LogP contribution in [0.1, 0.15) is 44.6 Å². The number of nitriles is 1. The average molecular weight is 407 g/mol. The number of carbonyl (C=O) groups excluding carboxylic acids is 2. The highest BCUT2D eigenvalue weighted by Crippen LogP contribution is 2.32. The van der Waals surface area contributed by atoms with Crippen LogP contribution in [0.5, 0.6) is 11.6 Å². The fraction of sp³-hybridized carbons (Fsp3) is 0.391. The number of nitrogens with one attached hydrogen (secondary N) is 1. The van der Waals surface area contributed by atoms with Gasteiger partial charge in [0.1, 0.15) is 11.4 Å². The van der Waals surface area contributed by atoms with Gasteiger partial charge in [-0.05, 0) is 68.9 Å². The zero-order valence-corrected chi connectivity index (χ0v) is 17.0. The van der Waals surface area contributed by atoms with Gasteiger partial charge < -0.3 is 14.8 Å². The third-order valence-corrected chi connectivity index (χ3v) is 5.16. The third kappa shape index (κ3) is 5.80. The van der Waals surface area contributed by atoms with E-state index >= 15 is 0 Å². The monoisotopic (exact) mass is 407 g/mol. The molecule has 0 aliphatic heterocycles. The van der Waals surface area contributed by atoms with Gasteiger partial charge in [0.05, 0.1) is 24.2 Å². The lowest BCUT2D eigenvalue weighted by molar-refractivity contribution is -0.149. The van der Waals surface area contributed by atoms with Crippen LogP contribution in [0.3, 0.4) is 0 Å². The SMILES string of the molecule is CCOC(=O)C1CCC(CC(=O)Nc2cccnc2Oc2cccc(C#N)c2)CC1. The standard InChI is InChI=1S/C23H25N3O4/c1-2-29-23(28)18-10-8-16(9-11-18)14-21(27)26-20-7-4-12-25-22(20)30-19-6-3-5-17(13-19)15-24/h3-7,12-13,16,18H,2,8-11,14H2,1H3,(H,26,27). The first-order chi connectivity index (χ1) is 14.6. The van der Waals surface area contributed by atoms with E-state index in [0.717, 1.165) is 25.7 Å². The number of anilines is 1. The second kappa shape index (κ2) is 10.4. The summed E-state index contributed by atoms with van der Waals surface area (Å²) < 4.78 is 10.9.